The topological polar surface area (TPSA) is 386 Å². The molecule has 568 valence electrons. The predicted molar refractivity (Wildman–Crippen MR) is 444 cm³/mol. The van der Waals surface area contributed by atoms with Crippen LogP contribution in [0.1, 0.15) is 66.9 Å². The quantitative estimate of drug-likeness (QED) is 0.0302. The third-order valence-corrected chi connectivity index (χ3v) is 21.5. The molecule has 0 aromatic carbocycles. The second-order valence-corrected chi connectivity index (χ2v) is 30.1. The number of aromatic nitrogens is 19. The van der Waals surface area contributed by atoms with Gasteiger partial charge in [0.2, 0.25) is 45.1 Å². The minimum Gasteiger partial charge on any atom is -0.385 e. The molecule has 0 aliphatic heterocycles. The summed E-state index contributed by atoms with van der Waals surface area (Å²) in [4.78, 5) is 131. The second kappa shape index (κ2) is 36.2. The van der Waals surface area contributed by atoms with E-state index in [9.17, 15) is 28.8 Å². The maximum atomic E-state index is 13.3. The number of nitrogens with zero attached hydrogens (tertiary/aromatic N) is 16. The van der Waals surface area contributed by atoms with Gasteiger partial charge in [-0.3, -0.25) is 43.9 Å². The number of nitrogens with one attached hydrogen (secondary N) is 6. The van der Waals surface area contributed by atoms with Crippen LogP contribution in [0, 0.1) is 0 Å². The summed E-state index contributed by atoms with van der Waals surface area (Å²) in [5, 5.41) is 22.7. The Bertz CT molecular complexity index is 6390. The molecule has 1 amide bonds. The van der Waals surface area contributed by atoms with Crippen molar-refractivity contribution < 1.29 is 19.2 Å². The minimum atomic E-state index is -0.583. The number of aryl methyl sites for hydroxylation is 4. The van der Waals surface area contributed by atoms with Crippen LogP contribution < -0.4 is 32.9 Å². The molecule has 42 heteroatoms. The van der Waals surface area contributed by atoms with Crippen molar-refractivity contribution in [2.24, 2.45) is 28.2 Å². The van der Waals surface area contributed by atoms with Crippen LogP contribution in [0.5, 0.6) is 0 Å². The van der Waals surface area contributed by atoms with Gasteiger partial charge in [0.1, 0.15) is 87.9 Å². The summed E-state index contributed by atoms with van der Waals surface area (Å²) in [7, 11) is 7.14. The fourth-order valence-electron chi connectivity index (χ4n) is 10.3. The number of halogens is 9. The normalized spacial score (nSPS) is 10.9. The molecule has 0 spiro atoms. The largest absolute Gasteiger partial charge is 0.385 e. The van der Waals surface area contributed by atoms with Crippen LogP contribution in [-0.4, -0.2) is 116 Å². The molecule has 0 bridgehead atoms. The third kappa shape index (κ3) is 19.3. The van der Waals surface area contributed by atoms with Crippen LogP contribution in [0.4, 0.5) is 23.5 Å². The van der Waals surface area contributed by atoms with E-state index >= 15 is 0 Å². The van der Waals surface area contributed by atoms with Gasteiger partial charge in [-0.1, -0.05) is 106 Å². The summed E-state index contributed by atoms with van der Waals surface area (Å²) in [6.07, 6.45) is 6.95. The van der Waals surface area contributed by atoms with Crippen LogP contribution in [0.3, 0.4) is 0 Å². The number of amides is 1. The molecular formula is C70H50Cl9N23O6S4. The number of pyridine rings is 2. The number of thiophene rings is 4. The van der Waals surface area contributed by atoms with E-state index in [1.54, 1.807) is 119 Å². The van der Waals surface area contributed by atoms with Gasteiger partial charge in [0.25, 0.3) is 11.5 Å². The lowest BCUT2D eigenvalue weighted by atomic mass is 10.2. The molecule has 0 aliphatic carbocycles. The van der Waals surface area contributed by atoms with E-state index in [1.165, 1.54) is 45.3 Å². The fourth-order valence-corrected chi connectivity index (χ4v) is 14.7. The number of carbonyl (C=O) groups is 4. The number of hydrogen-bond donors (Lipinski definition) is 7. The SMILES string of the molecule is Clc1nc(Cl)c2cc(Cl)[nH]c2n1.Cn1c(Cl)cc2c(C(=O)c3cccs3)nc(Cl)nc21.Cn1c(Cl)cc2c(C(=O)c3cccs3)nc(NCc3cccnc3)nc21.Cn1c(Cl)cc2c(Cl)nc(Cl)nc21.Cn1c(NC(=O)c2cccs2)cc2c(C(=O)c3cccs3)nc(NCc3cccnc3)nc21.Nc1cc(=O)[nH]c(=O)[nH]1. The zero-order valence-corrected chi connectivity index (χ0v) is 67.7. The Morgan fingerprint density at radius 3 is 1.31 bits per heavy atom. The van der Waals surface area contributed by atoms with Crippen molar-refractivity contribution in [1.29, 1.82) is 0 Å². The molecule has 0 fully saturated rings. The van der Waals surface area contributed by atoms with Gasteiger partial charge in [-0.25, -0.2) is 29.7 Å². The Morgan fingerprint density at radius 2 is 0.857 bits per heavy atom. The molecule has 112 heavy (non-hydrogen) atoms. The Kier molecular flexibility index (Phi) is 26.2. The highest BCUT2D eigenvalue weighted by atomic mass is 35.5. The lowest BCUT2D eigenvalue weighted by Crippen LogP contribution is -2.22. The summed E-state index contributed by atoms with van der Waals surface area (Å²) in [5.41, 5.74) is 9.74. The lowest BCUT2D eigenvalue weighted by Gasteiger charge is -2.09. The average molecular weight is 1760 g/mol. The highest BCUT2D eigenvalue weighted by molar-refractivity contribution is 7.13. The average Bonchev–Trinajstić information content (AvgIpc) is 1.60. The smallest absolute Gasteiger partial charge is 0.327 e. The second-order valence-electron chi connectivity index (χ2n) is 23.0. The van der Waals surface area contributed by atoms with Crippen LogP contribution in [0.2, 0.25) is 46.8 Å². The van der Waals surface area contributed by atoms with Crippen molar-refractivity contribution in [3.63, 3.8) is 0 Å². The number of aromatic amines is 3. The van der Waals surface area contributed by atoms with Crippen LogP contribution in [-0.2, 0) is 41.3 Å². The first-order valence-corrected chi connectivity index (χ1v) is 38.9. The van der Waals surface area contributed by atoms with E-state index in [4.69, 9.17) is 110 Å². The standard InChI is InChI=1S/C23H18N6O2S2.C18H14ClN5OS.C12H7Cl2N3OS.C7H4Cl3N3.C6H2Cl3N3.C4H5N3O2/c1-29-18(26-22(31)17-7-4-10-33-17)11-15-19(20(30)16-6-3-9-32-16)27-23(28-21(15)29)25-13-14-5-2-8-24-12-14;1-24-14(19)8-12-15(16(25)13-5-3-7-26-13)22-18(23-17(12)24)21-10-11-4-2-6-20-9-11;1-17-8(13)5-6-9(15-12(14)16-11(6)17)10(18)7-3-2-4-19-7;1-13-4(8)2-3-5(9)11-7(10)12-6(3)13;7-3-1-2-4(8)11-6(9)12-5(2)10-3;5-2-1-3(8)7-4(9)6-2/h2-12H,13H2,1H3,(H,26,31)(H,25,27,28);2-9H,10H2,1H3,(H,21,22,23);2-5H,1H3;2H,1H3;1H,(H,10,11,12);1H,(H4,5,6,7,8,9). The van der Waals surface area contributed by atoms with E-state index in [0.717, 1.165) is 17.2 Å². The molecule has 0 unspecified atom stereocenters. The Morgan fingerprint density at radius 1 is 0.438 bits per heavy atom. The Balaban J connectivity index is 0.000000132. The predicted octanol–water partition coefficient (Wildman–Crippen LogP) is 16.6. The minimum absolute atomic E-state index is 0.0327. The van der Waals surface area contributed by atoms with E-state index < -0.39 is 11.2 Å². The summed E-state index contributed by atoms with van der Waals surface area (Å²) in [6, 6.07) is 31.6. The maximum Gasteiger partial charge on any atom is 0.327 e. The van der Waals surface area contributed by atoms with E-state index in [-0.39, 0.29) is 56.3 Å². The van der Waals surface area contributed by atoms with E-state index in [1.807, 2.05) is 82.1 Å². The maximum absolute atomic E-state index is 13.3. The molecule has 17 rings (SSSR count). The molecule has 0 saturated heterocycles. The zero-order valence-electron chi connectivity index (χ0n) is 57.6. The number of nitrogen functional groups attached to an aromatic ring is 1. The summed E-state index contributed by atoms with van der Waals surface area (Å²) < 4.78 is 6.84. The highest BCUT2D eigenvalue weighted by Gasteiger charge is 2.25. The zero-order chi connectivity index (χ0) is 79.6. The number of anilines is 4. The lowest BCUT2D eigenvalue weighted by molar-refractivity contribution is 0.102. The molecule has 0 atom stereocenters. The third-order valence-electron chi connectivity index (χ3n) is 15.6. The van der Waals surface area contributed by atoms with Gasteiger partial charge >= 0.3 is 5.69 Å². The number of nitrogens with two attached hydrogens (primary N) is 1. The number of hydrogen-bond acceptors (Lipinski definition) is 25. The van der Waals surface area contributed by atoms with Crippen LogP contribution in [0.25, 0.3) is 55.2 Å². The summed E-state index contributed by atoms with van der Waals surface area (Å²) >= 11 is 58.0. The van der Waals surface area contributed by atoms with Gasteiger partial charge in [0.05, 0.1) is 46.4 Å². The van der Waals surface area contributed by atoms with Crippen LogP contribution in [0.15, 0.2) is 165 Å². The number of H-pyrrole nitrogens is 3. The Labute approximate surface area is 691 Å². The number of fused-ring (bicyclic) bond motifs is 5. The summed E-state index contributed by atoms with van der Waals surface area (Å²) in [6.45, 7) is 0.961. The van der Waals surface area contributed by atoms with Crippen molar-refractivity contribution in [2.75, 3.05) is 21.7 Å². The number of ketones is 3. The molecular weight excluding hydrogens is 1710 g/mol. The van der Waals surface area contributed by atoms with Crippen LogP contribution >= 0.6 is 150 Å². The molecule has 17 aromatic heterocycles. The molecule has 0 saturated carbocycles. The number of carbonyl (C=O) groups excluding carboxylic acids is 4. The van der Waals surface area contributed by atoms with Crippen molar-refractivity contribution in [3.05, 3.63) is 271 Å². The van der Waals surface area contributed by atoms with Crippen molar-refractivity contribution in [1.82, 2.24) is 93.0 Å². The van der Waals surface area contributed by atoms with E-state index in [0.29, 0.717) is 142 Å². The van der Waals surface area contributed by atoms with Gasteiger partial charge in [-0.15, -0.1) is 45.3 Å². The van der Waals surface area contributed by atoms with Gasteiger partial charge in [-0.2, -0.15) is 24.9 Å². The molecule has 0 aliphatic rings. The monoisotopic (exact) mass is 1750 g/mol. The molecule has 17 aromatic rings. The molecule has 8 N–H and O–H groups in total. The first-order chi connectivity index (χ1) is 53.7. The Hall–Kier alpha value is -10.6. The molecule has 0 radical (unpaired) electrons. The van der Waals surface area contributed by atoms with Crippen molar-refractivity contribution in [3.8, 4) is 0 Å². The highest BCUT2D eigenvalue weighted by Crippen LogP contribution is 2.33. The van der Waals surface area contributed by atoms with Crippen molar-refractivity contribution in [2.45, 2.75) is 13.1 Å². The van der Waals surface area contributed by atoms with Gasteiger partial charge in [-0.05, 0) is 134 Å². The fraction of sp³-hybridized carbons (Fsp3) is 0.0857. The van der Waals surface area contributed by atoms with Gasteiger partial charge in [0, 0.05) is 72.1 Å². The first-order valence-electron chi connectivity index (χ1n) is 32.0. The summed E-state index contributed by atoms with van der Waals surface area (Å²) in [5.74, 6) is 0.577. The number of rotatable bonds is 14. The molecule has 17 heterocycles. The van der Waals surface area contributed by atoms with Gasteiger partial charge < -0.3 is 44.9 Å². The first kappa shape index (κ1) is 80.9. The van der Waals surface area contributed by atoms with Crippen molar-refractivity contribution >= 4 is 252 Å². The molecule has 29 nitrogen and oxygen atoms in total. The van der Waals surface area contributed by atoms with E-state index in [2.05, 4.69) is 85.7 Å². The van der Waals surface area contributed by atoms with Gasteiger partial charge in [0.15, 0.2) is 0 Å².